The Morgan fingerprint density at radius 1 is 0.857 bits per heavy atom. The smallest absolute Gasteiger partial charge is 0.329 e. The number of hydrogen-bond donors (Lipinski definition) is 0. The minimum Gasteiger partial charge on any atom is -0.485 e. The minimum atomic E-state index is -1.47. The molecular weight excluding hydrogens is 444 g/mol. The van der Waals surface area contributed by atoms with Gasteiger partial charge in [-0.25, -0.2) is 0 Å². The number of hydrogen-bond acceptors (Lipinski definition) is 6. The number of benzene rings is 3. The molecule has 35 heavy (non-hydrogen) atoms. The summed E-state index contributed by atoms with van der Waals surface area (Å²) < 4.78 is 17.0. The lowest BCUT2D eigenvalue weighted by molar-refractivity contribution is -0.151. The zero-order valence-corrected chi connectivity index (χ0v) is 19.2. The molecule has 3 aromatic rings. The van der Waals surface area contributed by atoms with Crippen molar-refractivity contribution in [3.63, 3.8) is 0 Å². The third-order valence-corrected chi connectivity index (χ3v) is 5.29. The molecule has 4 rings (SSSR count). The molecule has 0 radical (unpaired) electrons. The molecule has 1 aliphatic rings. The topological polar surface area (TPSA) is 78.9 Å². The summed E-state index contributed by atoms with van der Waals surface area (Å²) in [6, 6.07) is 24.8. The average molecular weight is 469 g/mol. The first kappa shape index (κ1) is 23.7. The summed E-state index contributed by atoms with van der Waals surface area (Å²) in [7, 11) is 0. The van der Waals surface area contributed by atoms with Gasteiger partial charge in [0.1, 0.15) is 19.0 Å². The molecule has 1 unspecified atom stereocenters. The Kier molecular flexibility index (Phi) is 7.53. The van der Waals surface area contributed by atoms with E-state index in [9.17, 15) is 14.4 Å². The highest BCUT2D eigenvalue weighted by atomic mass is 16.5. The van der Waals surface area contributed by atoms with Crippen LogP contribution in [-0.4, -0.2) is 17.5 Å². The summed E-state index contributed by atoms with van der Waals surface area (Å²) in [5, 5.41) is 0. The second-order valence-electron chi connectivity index (χ2n) is 8.00. The highest BCUT2D eigenvalue weighted by Crippen LogP contribution is 2.31. The molecule has 3 aromatic carbocycles. The van der Waals surface area contributed by atoms with Gasteiger partial charge in [0.25, 0.3) is 0 Å². The van der Waals surface area contributed by atoms with E-state index in [0.717, 1.165) is 17.2 Å². The summed E-state index contributed by atoms with van der Waals surface area (Å²) in [5.74, 6) is -2.31. The highest BCUT2D eigenvalue weighted by molar-refractivity contribution is 6.25. The molecule has 1 heterocycles. The zero-order chi connectivity index (χ0) is 24.6. The molecule has 176 valence electrons. The third kappa shape index (κ3) is 6.32. The van der Waals surface area contributed by atoms with Crippen molar-refractivity contribution in [2.75, 3.05) is 0 Å². The fourth-order valence-electron chi connectivity index (χ4n) is 3.51. The fraction of sp³-hybridized carbons (Fsp3) is 0.138. The number of esters is 1. The largest absolute Gasteiger partial charge is 0.485 e. The van der Waals surface area contributed by atoms with Crippen molar-refractivity contribution in [3.05, 3.63) is 113 Å². The monoisotopic (exact) mass is 468 g/mol. The number of ketones is 2. The maximum absolute atomic E-state index is 12.5. The molecule has 0 amide bonds. The van der Waals surface area contributed by atoms with E-state index < -0.39 is 23.5 Å². The van der Waals surface area contributed by atoms with E-state index in [1.54, 1.807) is 18.2 Å². The van der Waals surface area contributed by atoms with E-state index in [4.69, 9.17) is 14.2 Å². The van der Waals surface area contributed by atoms with Crippen molar-refractivity contribution in [1.29, 1.82) is 0 Å². The molecule has 0 bridgehead atoms. The van der Waals surface area contributed by atoms with E-state index >= 15 is 0 Å². The lowest BCUT2D eigenvalue weighted by Gasteiger charge is -2.16. The van der Waals surface area contributed by atoms with Crippen LogP contribution in [0.1, 0.15) is 23.6 Å². The summed E-state index contributed by atoms with van der Waals surface area (Å²) in [6.07, 6.45) is 3.90. The highest BCUT2D eigenvalue weighted by Gasteiger charge is 2.36. The van der Waals surface area contributed by atoms with Crippen LogP contribution in [0, 0.1) is 5.92 Å². The summed E-state index contributed by atoms with van der Waals surface area (Å²) in [4.78, 5) is 36.6. The molecule has 0 spiro atoms. The number of carbonyl (C=O) groups is 3. The van der Waals surface area contributed by atoms with Crippen LogP contribution in [0.5, 0.6) is 11.5 Å². The van der Waals surface area contributed by atoms with Crippen LogP contribution in [-0.2, 0) is 32.3 Å². The Morgan fingerprint density at radius 3 is 2.06 bits per heavy atom. The SMILES string of the molecule is CC1=CC(=O)C(C(=O)C=Cc2ccc(OCc3ccccc3)c(OCc3ccccc3)c2)C(=O)O1. The van der Waals surface area contributed by atoms with Gasteiger partial charge < -0.3 is 14.2 Å². The Bertz CT molecular complexity index is 1280. The van der Waals surface area contributed by atoms with Crippen molar-refractivity contribution in [2.24, 2.45) is 5.92 Å². The van der Waals surface area contributed by atoms with Gasteiger partial charge in [-0.15, -0.1) is 0 Å². The van der Waals surface area contributed by atoms with Crippen LogP contribution in [0.25, 0.3) is 6.08 Å². The molecule has 0 saturated carbocycles. The van der Waals surface area contributed by atoms with Gasteiger partial charge in [-0.3, -0.25) is 14.4 Å². The molecule has 0 N–H and O–H groups in total. The van der Waals surface area contributed by atoms with Gasteiger partial charge in [0.15, 0.2) is 29.0 Å². The molecular formula is C29H24O6. The van der Waals surface area contributed by atoms with Crippen molar-refractivity contribution >= 4 is 23.6 Å². The van der Waals surface area contributed by atoms with Crippen LogP contribution < -0.4 is 9.47 Å². The van der Waals surface area contributed by atoms with Gasteiger partial charge in [-0.1, -0.05) is 72.8 Å². The number of rotatable bonds is 9. The maximum atomic E-state index is 12.5. The fourth-order valence-corrected chi connectivity index (χ4v) is 3.51. The van der Waals surface area contributed by atoms with Crippen LogP contribution in [0.15, 0.2) is 96.8 Å². The van der Waals surface area contributed by atoms with Gasteiger partial charge in [0, 0.05) is 6.08 Å². The molecule has 1 aliphatic heterocycles. The Hall–Kier alpha value is -4.45. The number of carbonyl (C=O) groups excluding carboxylic acids is 3. The number of cyclic esters (lactones) is 1. The molecule has 6 heteroatoms. The average Bonchev–Trinajstić information content (AvgIpc) is 2.86. The van der Waals surface area contributed by atoms with Crippen LogP contribution in [0.2, 0.25) is 0 Å². The van der Waals surface area contributed by atoms with Crippen LogP contribution >= 0.6 is 0 Å². The van der Waals surface area contributed by atoms with E-state index in [1.165, 1.54) is 19.1 Å². The molecule has 1 atom stereocenters. The maximum Gasteiger partial charge on any atom is 0.329 e. The summed E-state index contributed by atoms with van der Waals surface area (Å²) >= 11 is 0. The number of ether oxygens (including phenoxy) is 3. The van der Waals surface area contributed by atoms with Gasteiger partial charge >= 0.3 is 5.97 Å². The first-order valence-electron chi connectivity index (χ1n) is 11.1. The van der Waals surface area contributed by atoms with Crippen LogP contribution in [0.3, 0.4) is 0 Å². The first-order chi connectivity index (χ1) is 17.0. The second kappa shape index (κ2) is 11.1. The Balaban J connectivity index is 1.52. The van der Waals surface area contributed by atoms with Gasteiger partial charge in [0.2, 0.25) is 0 Å². The standard InChI is InChI=1S/C29H24O6/c1-20-16-25(31)28(29(32)35-20)24(30)14-12-21-13-15-26(33-18-22-8-4-2-5-9-22)27(17-21)34-19-23-10-6-3-7-11-23/h2-17,28H,18-19H2,1H3. The van der Waals surface area contributed by atoms with Crippen molar-refractivity contribution in [2.45, 2.75) is 20.1 Å². The zero-order valence-electron chi connectivity index (χ0n) is 19.2. The van der Waals surface area contributed by atoms with Gasteiger partial charge in [-0.05, 0) is 41.8 Å². The normalized spacial score (nSPS) is 15.5. The van der Waals surface area contributed by atoms with Crippen molar-refractivity contribution in [3.8, 4) is 11.5 Å². The minimum absolute atomic E-state index is 0.180. The molecule has 0 saturated heterocycles. The Labute approximate surface area is 203 Å². The predicted molar refractivity (Wildman–Crippen MR) is 130 cm³/mol. The second-order valence-corrected chi connectivity index (χ2v) is 8.00. The van der Waals surface area contributed by atoms with Crippen LogP contribution in [0.4, 0.5) is 0 Å². The van der Waals surface area contributed by atoms with E-state index in [2.05, 4.69) is 0 Å². The number of allylic oxidation sites excluding steroid dienone is 3. The van der Waals surface area contributed by atoms with E-state index in [0.29, 0.717) is 30.3 Å². The van der Waals surface area contributed by atoms with Crippen molar-refractivity contribution < 1.29 is 28.6 Å². The lowest BCUT2D eigenvalue weighted by Crippen LogP contribution is -2.34. The van der Waals surface area contributed by atoms with E-state index in [1.807, 2.05) is 60.7 Å². The Morgan fingerprint density at radius 2 is 1.46 bits per heavy atom. The van der Waals surface area contributed by atoms with E-state index in [-0.39, 0.29) is 5.76 Å². The first-order valence-corrected chi connectivity index (χ1v) is 11.1. The lowest BCUT2D eigenvalue weighted by atomic mass is 9.96. The predicted octanol–water partition coefficient (Wildman–Crippen LogP) is 5.07. The van der Waals surface area contributed by atoms with Gasteiger partial charge in [-0.2, -0.15) is 0 Å². The third-order valence-electron chi connectivity index (χ3n) is 5.29. The summed E-state index contributed by atoms with van der Waals surface area (Å²) in [5.41, 5.74) is 2.66. The van der Waals surface area contributed by atoms with Gasteiger partial charge in [0.05, 0.1) is 0 Å². The molecule has 0 aromatic heterocycles. The molecule has 6 nitrogen and oxygen atoms in total. The summed E-state index contributed by atoms with van der Waals surface area (Å²) in [6.45, 7) is 2.20. The molecule has 0 aliphatic carbocycles. The van der Waals surface area contributed by atoms with Crippen molar-refractivity contribution in [1.82, 2.24) is 0 Å². The quantitative estimate of drug-likeness (QED) is 0.248. The molecule has 0 fully saturated rings.